The lowest BCUT2D eigenvalue weighted by Crippen LogP contribution is -2.20. The Morgan fingerprint density at radius 2 is 1.85 bits per heavy atom. The molecule has 0 aliphatic carbocycles. The van der Waals surface area contributed by atoms with E-state index in [1.54, 1.807) is 24.3 Å². The zero-order valence-electron chi connectivity index (χ0n) is 14.4. The minimum Gasteiger partial charge on any atom is -0.484 e. The fourth-order valence-corrected chi connectivity index (χ4v) is 2.16. The number of hydrogen-bond acceptors (Lipinski definition) is 5. The van der Waals surface area contributed by atoms with E-state index in [-0.39, 0.29) is 24.2 Å². The average Bonchev–Trinajstić information content (AvgIpc) is 3.13. The summed E-state index contributed by atoms with van der Waals surface area (Å²) < 4.78 is 23.5. The fourth-order valence-electron chi connectivity index (χ4n) is 2.16. The van der Waals surface area contributed by atoms with Crippen molar-refractivity contribution in [1.82, 2.24) is 10.1 Å². The summed E-state index contributed by atoms with van der Waals surface area (Å²) in [5.74, 6) is 1.12. The van der Waals surface area contributed by atoms with Crippen molar-refractivity contribution in [3.05, 3.63) is 60.2 Å². The zero-order chi connectivity index (χ0) is 18.5. The second-order valence-electron chi connectivity index (χ2n) is 5.98. The Hall–Kier alpha value is -3.22. The smallest absolute Gasteiger partial charge is 0.262 e. The molecule has 0 saturated heterocycles. The molecule has 0 atom stereocenters. The molecule has 3 rings (SSSR count). The Balaban J connectivity index is 1.55. The van der Waals surface area contributed by atoms with Gasteiger partial charge < -0.3 is 14.6 Å². The van der Waals surface area contributed by atoms with Crippen LogP contribution in [-0.2, 0) is 4.79 Å². The molecule has 1 heterocycles. The standard InChI is InChI=1S/C19H18FN3O3/c1-12(2)18-22-19(26-23-18)13-3-9-16(10-4-13)25-11-17(24)21-15-7-5-14(20)6-8-15/h3-10,12H,11H2,1-2H3,(H,21,24). The molecule has 134 valence electrons. The van der Waals surface area contributed by atoms with Gasteiger partial charge in [-0.15, -0.1) is 0 Å². The molecule has 1 aromatic heterocycles. The van der Waals surface area contributed by atoms with Gasteiger partial charge >= 0.3 is 0 Å². The van der Waals surface area contributed by atoms with Gasteiger partial charge in [-0.1, -0.05) is 19.0 Å². The predicted molar refractivity (Wildman–Crippen MR) is 94.3 cm³/mol. The normalized spacial score (nSPS) is 10.8. The van der Waals surface area contributed by atoms with Crippen LogP contribution in [-0.4, -0.2) is 22.7 Å². The lowest BCUT2D eigenvalue weighted by atomic mass is 10.2. The third-order valence-electron chi connectivity index (χ3n) is 3.56. The number of halogens is 1. The number of amides is 1. The quantitative estimate of drug-likeness (QED) is 0.723. The largest absolute Gasteiger partial charge is 0.484 e. The van der Waals surface area contributed by atoms with Gasteiger partial charge in [0.2, 0.25) is 0 Å². The molecule has 0 aliphatic rings. The van der Waals surface area contributed by atoms with Gasteiger partial charge in [0, 0.05) is 17.2 Å². The van der Waals surface area contributed by atoms with Crippen molar-refractivity contribution in [3.63, 3.8) is 0 Å². The van der Waals surface area contributed by atoms with E-state index in [1.807, 2.05) is 13.8 Å². The number of aromatic nitrogens is 2. The number of nitrogens with zero attached hydrogens (tertiary/aromatic N) is 2. The number of ether oxygens (including phenoxy) is 1. The van der Waals surface area contributed by atoms with Gasteiger partial charge in [0.25, 0.3) is 11.8 Å². The number of carbonyl (C=O) groups is 1. The fraction of sp³-hybridized carbons (Fsp3) is 0.211. The van der Waals surface area contributed by atoms with Crippen molar-refractivity contribution >= 4 is 11.6 Å². The SMILES string of the molecule is CC(C)c1noc(-c2ccc(OCC(=O)Nc3ccc(F)cc3)cc2)n1. The van der Waals surface area contributed by atoms with Gasteiger partial charge in [0.05, 0.1) is 0 Å². The summed E-state index contributed by atoms with van der Waals surface area (Å²) in [6, 6.07) is 12.5. The monoisotopic (exact) mass is 355 g/mol. The Labute approximate surface area is 150 Å². The molecule has 7 heteroatoms. The Morgan fingerprint density at radius 1 is 1.15 bits per heavy atom. The van der Waals surface area contributed by atoms with Crippen molar-refractivity contribution < 1.29 is 18.4 Å². The number of benzene rings is 2. The molecule has 1 N–H and O–H groups in total. The summed E-state index contributed by atoms with van der Waals surface area (Å²) >= 11 is 0. The molecular formula is C19H18FN3O3. The van der Waals surface area contributed by atoms with E-state index in [4.69, 9.17) is 9.26 Å². The first-order valence-electron chi connectivity index (χ1n) is 8.13. The van der Waals surface area contributed by atoms with Gasteiger partial charge in [-0.2, -0.15) is 4.98 Å². The van der Waals surface area contributed by atoms with Crippen molar-refractivity contribution in [3.8, 4) is 17.2 Å². The summed E-state index contributed by atoms with van der Waals surface area (Å²) in [6.07, 6.45) is 0. The molecule has 0 unspecified atom stereocenters. The topological polar surface area (TPSA) is 77.2 Å². The van der Waals surface area contributed by atoms with Crippen LogP contribution in [0.15, 0.2) is 53.1 Å². The van der Waals surface area contributed by atoms with Crippen LogP contribution in [0.25, 0.3) is 11.5 Å². The molecule has 3 aromatic rings. The van der Waals surface area contributed by atoms with Gasteiger partial charge in [-0.3, -0.25) is 4.79 Å². The van der Waals surface area contributed by atoms with Crippen LogP contribution < -0.4 is 10.1 Å². The Morgan fingerprint density at radius 3 is 2.46 bits per heavy atom. The second kappa shape index (κ2) is 7.77. The maximum absolute atomic E-state index is 12.8. The van der Waals surface area contributed by atoms with E-state index in [0.29, 0.717) is 23.2 Å². The van der Waals surface area contributed by atoms with E-state index in [9.17, 15) is 9.18 Å². The molecule has 26 heavy (non-hydrogen) atoms. The minimum absolute atomic E-state index is 0.158. The summed E-state index contributed by atoms with van der Waals surface area (Å²) in [7, 11) is 0. The average molecular weight is 355 g/mol. The molecule has 0 fully saturated rings. The Bertz CT molecular complexity index is 874. The summed E-state index contributed by atoms with van der Waals surface area (Å²) in [5, 5.41) is 6.55. The van der Waals surface area contributed by atoms with E-state index in [0.717, 1.165) is 5.56 Å². The van der Waals surface area contributed by atoms with Gasteiger partial charge in [-0.05, 0) is 48.5 Å². The van der Waals surface area contributed by atoms with Gasteiger partial charge in [0.15, 0.2) is 12.4 Å². The first-order chi connectivity index (χ1) is 12.5. The molecule has 0 spiro atoms. The van der Waals surface area contributed by atoms with Crippen LogP contribution in [0.3, 0.4) is 0 Å². The number of carbonyl (C=O) groups excluding carboxylic acids is 1. The van der Waals surface area contributed by atoms with E-state index in [2.05, 4.69) is 15.5 Å². The minimum atomic E-state index is -0.360. The molecule has 0 aliphatic heterocycles. The number of nitrogens with one attached hydrogen (secondary N) is 1. The molecule has 0 bridgehead atoms. The van der Waals surface area contributed by atoms with Crippen LogP contribution in [0.2, 0.25) is 0 Å². The van der Waals surface area contributed by atoms with Crippen molar-refractivity contribution in [2.24, 2.45) is 0 Å². The first kappa shape index (κ1) is 17.6. The van der Waals surface area contributed by atoms with Crippen molar-refractivity contribution in [2.75, 3.05) is 11.9 Å². The van der Waals surface area contributed by atoms with E-state index >= 15 is 0 Å². The molecule has 2 aromatic carbocycles. The van der Waals surface area contributed by atoms with Crippen LogP contribution in [0.4, 0.5) is 10.1 Å². The highest BCUT2D eigenvalue weighted by Crippen LogP contribution is 2.22. The van der Waals surface area contributed by atoms with Gasteiger partial charge in [-0.25, -0.2) is 4.39 Å². The third kappa shape index (κ3) is 4.44. The highest BCUT2D eigenvalue weighted by molar-refractivity contribution is 5.91. The summed E-state index contributed by atoms with van der Waals surface area (Å²) in [4.78, 5) is 16.2. The van der Waals surface area contributed by atoms with E-state index in [1.165, 1.54) is 24.3 Å². The highest BCUT2D eigenvalue weighted by atomic mass is 19.1. The van der Waals surface area contributed by atoms with Crippen LogP contribution >= 0.6 is 0 Å². The van der Waals surface area contributed by atoms with Crippen molar-refractivity contribution in [2.45, 2.75) is 19.8 Å². The maximum atomic E-state index is 12.8. The molecule has 1 amide bonds. The lowest BCUT2D eigenvalue weighted by molar-refractivity contribution is -0.118. The summed E-state index contributed by atoms with van der Waals surface area (Å²) in [6.45, 7) is 3.82. The zero-order valence-corrected chi connectivity index (χ0v) is 14.4. The predicted octanol–water partition coefficient (Wildman–Crippen LogP) is 4.02. The van der Waals surface area contributed by atoms with Gasteiger partial charge in [0.1, 0.15) is 11.6 Å². The van der Waals surface area contributed by atoms with Crippen LogP contribution in [0.5, 0.6) is 5.75 Å². The van der Waals surface area contributed by atoms with Crippen LogP contribution in [0.1, 0.15) is 25.6 Å². The molecule has 0 radical (unpaired) electrons. The van der Waals surface area contributed by atoms with Crippen molar-refractivity contribution in [1.29, 1.82) is 0 Å². The second-order valence-corrected chi connectivity index (χ2v) is 5.98. The number of rotatable bonds is 6. The molecule has 6 nitrogen and oxygen atoms in total. The first-order valence-corrected chi connectivity index (χ1v) is 8.13. The maximum Gasteiger partial charge on any atom is 0.262 e. The number of hydrogen-bond donors (Lipinski definition) is 1. The Kier molecular flexibility index (Phi) is 5.26. The lowest BCUT2D eigenvalue weighted by Gasteiger charge is -2.07. The third-order valence-corrected chi connectivity index (χ3v) is 3.56. The molecular weight excluding hydrogens is 337 g/mol. The number of anilines is 1. The summed E-state index contributed by atoms with van der Waals surface area (Å²) in [5.41, 5.74) is 1.28. The highest BCUT2D eigenvalue weighted by Gasteiger charge is 2.11. The molecule has 0 saturated carbocycles. The van der Waals surface area contributed by atoms with E-state index < -0.39 is 0 Å². The van der Waals surface area contributed by atoms with Crippen LogP contribution in [0, 0.1) is 5.82 Å².